The number of fused-ring (bicyclic) bond motifs is 1. The SMILES string of the molecule is [O-][n+]1ccc(OCC(F)(F)C(F)F)c2c1CCCCC2. The maximum atomic E-state index is 12.9. The van der Waals surface area contributed by atoms with Crippen LogP contribution >= 0.6 is 0 Å². The summed E-state index contributed by atoms with van der Waals surface area (Å²) in [6.07, 6.45) is 1.07. The third-order valence-electron chi connectivity index (χ3n) is 3.35. The smallest absolute Gasteiger partial charge is 0.340 e. The molecular weight excluding hydrogens is 278 g/mol. The van der Waals surface area contributed by atoms with Crippen LogP contribution in [-0.4, -0.2) is 19.0 Å². The van der Waals surface area contributed by atoms with Gasteiger partial charge in [0.15, 0.2) is 18.5 Å². The van der Waals surface area contributed by atoms with Crippen LogP contribution in [0.4, 0.5) is 17.6 Å². The second-order valence-corrected chi connectivity index (χ2v) is 4.84. The van der Waals surface area contributed by atoms with E-state index >= 15 is 0 Å². The first-order chi connectivity index (χ1) is 9.42. The third-order valence-corrected chi connectivity index (χ3v) is 3.35. The molecule has 0 spiro atoms. The van der Waals surface area contributed by atoms with Gasteiger partial charge >= 0.3 is 12.3 Å². The summed E-state index contributed by atoms with van der Waals surface area (Å²) in [6, 6.07) is 1.26. The van der Waals surface area contributed by atoms with E-state index in [0.29, 0.717) is 28.8 Å². The Bertz CT molecular complexity index is 480. The average molecular weight is 293 g/mol. The third kappa shape index (κ3) is 3.13. The molecule has 112 valence electrons. The molecule has 0 unspecified atom stereocenters. The number of nitrogens with zero attached hydrogens (tertiary/aromatic N) is 1. The maximum Gasteiger partial charge on any atom is 0.340 e. The predicted molar refractivity (Wildman–Crippen MR) is 63.1 cm³/mol. The van der Waals surface area contributed by atoms with E-state index in [2.05, 4.69) is 0 Å². The van der Waals surface area contributed by atoms with E-state index in [-0.39, 0.29) is 5.75 Å². The number of rotatable bonds is 4. The summed E-state index contributed by atoms with van der Waals surface area (Å²) in [6.45, 7) is -1.39. The van der Waals surface area contributed by atoms with Crippen LogP contribution < -0.4 is 9.47 Å². The van der Waals surface area contributed by atoms with Gasteiger partial charge < -0.3 is 9.94 Å². The van der Waals surface area contributed by atoms with Gasteiger partial charge in [0.1, 0.15) is 5.75 Å². The fourth-order valence-electron chi connectivity index (χ4n) is 2.27. The fourth-order valence-corrected chi connectivity index (χ4v) is 2.27. The molecular formula is C13H15F4NO2. The van der Waals surface area contributed by atoms with Crippen molar-refractivity contribution in [2.24, 2.45) is 0 Å². The quantitative estimate of drug-likeness (QED) is 0.370. The molecule has 0 radical (unpaired) electrons. The Balaban J connectivity index is 2.20. The lowest BCUT2D eigenvalue weighted by atomic mass is 10.1. The number of alkyl halides is 4. The number of pyridine rings is 1. The van der Waals surface area contributed by atoms with Crippen LogP contribution in [0, 0.1) is 5.21 Å². The molecule has 1 aromatic rings. The van der Waals surface area contributed by atoms with Crippen molar-refractivity contribution >= 4 is 0 Å². The minimum absolute atomic E-state index is 0.106. The molecule has 2 rings (SSSR count). The van der Waals surface area contributed by atoms with Gasteiger partial charge in [0.05, 0.1) is 5.56 Å². The van der Waals surface area contributed by atoms with E-state index in [1.54, 1.807) is 0 Å². The first-order valence-corrected chi connectivity index (χ1v) is 6.44. The number of hydrogen-bond acceptors (Lipinski definition) is 2. The van der Waals surface area contributed by atoms with Gasteiger partial charge in [0.2, 0.25) is 0 Å². The summed E-state index contributed by atoms with van der Waals surface area (Å²) in [7, 11) is 0. The van der Waals surface area contributed by atoms with Gasteiger partial charge in [-0.1, -0.05) is 6.42 Å². The zero-order valence-corrected chi connectivity index (χ0v) is 10.8. The fraction of sp³-hybridized carbons (Fsp3) is 0.615. The minimum Gasteiger partial charge on any atom is -0.618 e. The summed E-state index contributed by atoms with van der Waals surface area (Å²) in [5.74, 6) is -4.09. The van der Waals surface area contributed by atoms with Crippen LogP contribution in [0.2, 0.25) is 0 Å². The lowest BCUT2D eigenvalue weighted by Gasteiger charge is -2.18. The maximum absolute atomic E-state index is 12.9. The monoisotopic (exact) mass is 293 g/mol. The van der Waals surface area contributed by atoms with Crippen molar-refractivity contribution < 1.29 is 27.0 Å². The Labute approximate surface area is 113 Å². The summed E-state index contributed by atoms with van der Waals surface area (Å²) >= 11 is 0. The molecule has 0 saturated heterocycles. The molecule has 20 heavy (non-hydrogen) atoms. The molecule has 0 fully saturated rings. The van der Waals surface area contributed by atoms with E-state index in [4.69, 9.17) is 4.74 Å². The van der Waals surface area contributed by atoms with Crippen molar-refractivity contribution in [2.75, 3.05) is 6.61 Å². The van der Waals surface area contributed by atoms with Crippen molar-refractivity contribution in [3.63, 3.8) is 0 Å². The standard InChI is InChI=1S/C13H15F4NO2/c14-12(15)13(16,17)8-20-11-6-7-18(19)10-5-3-1-2-4-9(10)11/h6-7,12H,1-5,8H2. The van der Waals surface area contributed by atoms with Gasteiger partial charge in [0.25, 0.3) is 0 Å². The van der Waals surface area contributed by atoms with Crippen molar-refractivity contribution in [3.05, 3.63) is 28.7 Å². The molecule has 0 amide bonds. The Morgan fingerprint density at radius 3 is 2.65 bits per heavy atom. The van der Waals surface area contributed by atoms with Crippen LogP contribution in [0.3, 0.4) is 0 Å². The Kier molecular flexibility index (Phi) is 4.35. The molecule has 0 bridgehead atoms. The van der Waals surface area contributed by atoms with Crippen LogP contribution in [0.1, 0.15) is 30.5 Å². The zero-order chi connectivity index (χ0) is 14.8. The topological polar surface area (TPSA) is 36.2 Å². The first-order valence-electron chi connectivity index (χ1n) is 6.44. The molecule has 1 aromatic heterocycles. The molecule has 0 aliphatic heterocycles. The van der Waals surface area contributed by atoms with Gasteiger partial charge in [-0.05, 0) is 19.3 Å². The lowest BCUT2D eigenvalue weighted by molar-refractivity contribution is -0.614. The summed E-state index contributed by atoms with van der Waals surface area (Å²) in [5, 5.41) is 11.7. The molecule has 1 aliphatic carbocycles. The van der Waals surface area contributed by atoms with Gasteiger partial charge in [0, 0.05) is 12.5 Å². The summed E-state index contributed by atoms with van der Waals surface area (Å²) < 4.78 is 55.5. The highest BCUT2D eigenvalue weighted by molar-refractivity contribution is 5.34. The van der Waals surface area contributed by atoms with Gasteiger partial charge in [-0.2, -0.15) is 13.5 Å². The highest BCUT2D eigenvalue weighted by Gasteiger charge is 2.42. The second kappa shape index (κ2) is 5.85. The number of aromatic nitrogens is 1. The normalized spacial score (nSPS) is 15.8. The zero-order valence-electron chi connectivity index (χ0n) is 10.8. The summed E-state index contributed by atoms with van der Waals surface area (Å²) in [4.78, 5) is 0. The van der Waals surface area contributed by atoms with Gasteiger partial charge in [-0.25, -0.2) is 8.78 Å². The molecule has 0 atom stereocenters. The van der Waals surface area contributed by atoms with Crippen molar-refractivity contribution in [1.29, 1.82) is 0 Å². The number of hydrogen-bond donors (Lipinski definition) is 0. The minimum atomic E-state index is -4.19. The van der Waals surface area contributed by atoms with Crippen molar-refractivity contribution in [2.45, 2.75) is 44.5 Å². The largest absolute Gasteiger partial charge is 0.618 e. The van der Waals surface area contributed by atoms with E-state index in [1.807, 2.05) is 0 Å². The van der Waals surface area contributed by atoms with Crippen LogP contribution in [0.25, 0.3) is 0 Å². The van der Waals surface area contributed by atoms with E-state index in [9.17, 15) is 22.8 Å². The highest BCUT2D eigenvalue weighted by Crippen LogP contribution is 2.29. The Hall–Kier alpha value is -1.53. The highest BCUT2D eigenvalue weighted by atomic mass is 19.3. The van der Waals surface area contributed by atoms with Crippen molar-refractivity contribution in [3.8, 4) is 5.75 Å². The molecule has 1 heterocycles. The average Bonchev–Trinajstić information content (AvgIpc) is 2.64. The molecule has 3 nitrogen and oxygen atoms in total. The number of ether oxygens (including phenoxy) is 1. The lowest BCUT2D eigenvalue weighted by Crippen LogP contribution is -2.35. The second-order valence-electron chi connectivity index (χ2n) is 4.84. The Morgan fingerprint density at radius 2 is 1.95 bits per heavy atom. The van der Waals surface area contributed by atoms with Gasteiger partial charge in [-0.3, -0.25) is 0 Å². The first kappa shape index (κ1) is 14.9. The number of halogens is 4. The van der Waals surface area contributed by atoms with E-state index in [0.717, 1.165) is 19.3 Å². The Morgan fingerprint density at radius 1 is 1.25 bits per heavy atom. The molecule has 0 saturated carbocycles. The predicted octanol–water partition coefficient (Wildman–Crippen LogP) is 2.87. The summed E-state index contributed by atoms with van der Waals surface area (Å²) in [5.41, 5.74) is 1.05. The van der Waals surface area contributed by atoms with E-state index < -0.39 is 19.0 Å². The van der Waals surface area contributed by atoms with Crippen molar-refractivity contribution in [1.82, 2.24) is 0 Å². The molecule has 1 aliphatic rings. The van der Waals surface area contributed by atoms with Crippen LogP contribution in [0.15, 0.2) is 12.3 Å². The van der Waals surface area contributed by atoms with Crippen LogP contribution in [0.5, 0.6) is 5.75 Å². The molecule has 7 heteroatoms. The van der Waals surface area contributed by atoms with Crippen LogP contribution in [-0.2, 0) is 12.8 Å². The molecule has 0 N–H and O–H groups in total. The van der Waals surface area contributed by atoms with E-state index in [1.165, 1.54) is 12.3 Å². The van der Waals surface area contributed by atoms with Gasteiger partial charge in [-0.15, -0.1) is 0 Å². The molecule has 0 aromatic carbocycles.